The molecule has 0 heterocycles. The van der Waals surface area contributed by atoms with Crippen molar-refractivity contribution in [3.63, 3.8) is 0 Å². The Bertz CT molecular complexity index is 627. The summed E-state index contributed by atoms with van der Waals surface area (Å²) in [6, 6.07) is 9.24. The predicted molar refractivity (Wildman–Crippen MR) is 93.6 cm³/mol. The molecular formula is C18H22O5S. The molecule has 0 aromatic heterocycles. The lowest BCUT2D eigenvalue weighted by Crippen LogP contribution is -2.24. The highest BCUT2D eigenvalue weighted by Crippen LogP contribution is 2.27. The second kappa shape index (κ2) is 9.17. The van der Waals surface area contributed by atoms with Crippen molar-refractivity contribution in [2.45, 2.75) is 38.2 Å². The van der Waals surface area contributed by atoms with E-state index in [0.29, 0.717) is 0 Å². The van der Waals surface area contributed by atoms with Crippen molar-refractivity contribution in [3.8, 4) is 0 Å². The van der Waals surface area contributed by atoms with E-state index in [-0.39, 0.29) is 11.5 Å². The molecule has 5 nitrogen and oxygen atoms in total. The zero-order valence-electron chi connectivity index (χ0n) is 14.2. The van der Waals surface area contributed by atoms with Crippen molar-refractivity contribution in [3.05, 3.63) is 53.1 Å². The summed E-state index contributed by atoms with van der Waals surface area (Å²) in [7, 11) is 0. The minimum Gasteiger partial charge on any atom is -0.502 e. The Morgan fingerprint density at radius 2 is 1.75 bits per heavy atom. The molecule has 0 aliphatic rings. The minimum absolute atomic E-state index is 0.229. The molecule has 0 fully saturated rings. The van der Waals surface area contributed by atoms with Crippen LogP contribution in [0.5, 0.6) is 0 Å². The average molecular weight is 350 g/mol. The number of carbonyl (C=O) groups excluding carboxylic acids is 2. The molecule has 6 heteroatoms. The van der Waals surface area contributed by atoms with E-state index in [2.05, 4.69) is 0 Å². The molecule has 1 aromatic rings. The van der Waals surface area contributed by atoms with E-state index in [4.69, 9.17) is 9.47 Å². The summed E-state index contributed by atoms with van der Waals surface area (Å²) in [4.78, 5) is 24.8. The lowest BCUT2D eigenvalue weighted by molar-refractivity contribution is -0.153. The van der Waals surface area contributed by atoms with Crippen LogP contribution >= 0.6 is 11.8 Å². The Balaban J connectivity index is 2.96. The summed E-state index contributed by atoms with van der Waals surface area (Å²) >= 11 is 1.18. The lowest BCUT2D eigenvalue weighted by Gasteiger charge is -2.18. The van der Waals surface area contributed by atoms with Crippen LogP contribution < -0.4 is 0 Å². The van der Waals surface area contributed by atoms with Crippen molar-refractivity contribution >= 4 is 23.7 Å². The molecule has 0 aliphatic heterocycles. The van der Waals surface area contributed by atoms with Gasteiger partial charge in [-0.1, -0.05) is 30.0 Å². The van der Waals surface area contributed by atoms with E-state index >= 15 is 0 Å². The molecule has 1 aromatic carbocycles. The number of esters is 2. The van der Waals surface area contributed by atoms with Gasteiger partial charge >= 0.3 is 11.9 Å². The van der Waals surface area contributed by atoms with Crippen molar-refractivity contribution in [1.82, 2.24) is 0 Å². The van der Waals surface area contributed by atoms with Gasteiger partial charge in [-0.15, -0.1) is 0 Å². The third kappa shape index (κ3) is 7.37. The maximum Gasteiger partial charge on any atom is 0.373 e. The first-order valence-electron chi connectivity index (χ1n) is 7.47. The highest BCUT2D eigenvalue weighted by atomic mass is 32.2. The van der Waals surface area contributed by atoms with Crippen LogP contribution in [0, 0.1) is 0 Å². The van der Waals surface area contributed by atoms with E-state index in [1.54, 1.807) is 27.7 Å². The molecule has 0 saturated heterocycles. The van der Waals surface area contributed by atoms with Crippen LogP contribution in [0.4, 0.5) is 0 Å². The van der Waals surface area contributed by atoms with Gasteiger partial charge in [0.05, 0.1) is 11.5 Å². The zero-order valence-corrected chi connectivity index (χ0v) is 15.1. The number of benzene rings is 1. The summed E-state index contributed by atoms with van der Waals surface area (Å²) in [5, 5.41) is 9.79. The predicted octanol–water partition coefficient (Wildman–Crippen LogP) is 4.01. The molecule has 0 saturated carbocycles. The number of aliphatic hydroxyl groups excluding tert-OH is 1. The van der Waals surface area contributed by atoms with Crippen molar-refractivity contribution < 1.29 is 24.2 Å². The third-order valence-corrected chi connectivity index (χ3v) is 3.48. The standard InChI is InChI=1S/C18H22O5S/c1-5-22-17(21)15(24-13-9-7-6-8-10-13)12-11-14(19)16(20)23-18(2,3)4/h6-12,19H,5H2,1-4H3. The highest BCUT2D eigenvalue weighted by Gasteiger charge is 2.19. The lowest BCUT2D eigenvalue weighted by atomic mass is 10.2. The molecule has 1 N–H and O–H groups in total. The molecule has 1 rings (SSSR count). The number of carbonyl (C=O) groups is 2. The second-order valence-electron chi connectivity index (χ2n) is 5.72. The first-order valence-corrected chi connectivity index (χ1v) is 8.29. The minimum atomic E-state index is -0.855. The fourth-order valence-electron chi connectivity index (χ4n) is 1.51. The zero-order chi connectivity index (χ0) is 18.2. The Hall–Kier alpha value is -2.21. The summed E-state index contributed by atoms with van der Waals surface area (Å²) < 4.78 is 10.0. The second-order valence-corrected chi connectivity index (χ2v) is 6.84. The highest BCUT2D eigenvalue weighted by molar-refractivity contribution is 8.04. The average Bonchev–Trinajstić information content (AvgIpc) is 2.50. The third-order valence-electron chi connectivity index (χ3n) is 2.45. The summed E-state index contributed by atoms with van der Waals surface area (Å²) in [6.45, 7) is 7.03. The Kier molecular flexibility index (Phi) is 7.58. The van der Waals surface area contributed by atoms with Crippen LogP contribution in [0.2, 0.25) is 0 Å². The van der Waals surface area contributed by atoms with Crippen LogP contribution in [0.1, 0.15) is 27.7 Å². The van der Waals surface area contributed by atoms with Gasteiger partial charge < -0.3 is 14.6 Å². The van der Waals surface area contributed by atoms with Gasteiger partial charge in [0.2, 0.25) is 5.76 Å². The number of ether oxygens (including phenoxy) is 2. The van der Waals surface area contributed by atoms with Crippen molar-refractivity contribution in [2.24, 2.45) is 0 Å². The number of allylic oxidation sites excluding steroid dienone is 2. The Labute approximate surface area is 146 Å². The molecule has 0 spiro atoms. The molecule has 0 unspecified atom stereocenters. The summed E-state index contributed by atoms with van der Waals surface area (Å²) in [6.07, 6.45) is 2.48. The number of aliphatic hydroxyl groups is 1. The van der Waals surface area contributed by atoms with Crippen LogP contribution in [0.25, 0.3) is 0 Å². The van der Waals surface area contributed by atoms with E-state index in [0.717, 1.165) is 11.0 Å². The van der Waals surface area contributed by atoms with Gasteiger partial charge in [0.1, 0.15) is 5.60 Å². The van der Waals surface area contributed by atoms with Gasteiger partial charge in [-0.3, -0.25) is 0 Å². The molecule has 24 heavy (non-hydrogen) atoms. The molecule has 0 bridgehead atoms. The fraction of sp³-hybridized carbons (Fsp3) is 0.333. The van der Waals surface area contributed by atoms with E-state index in [9.17, 15) is 14.7 Å². The summed E-state index contributed by atoms with van der Waals surface area (Å²) in [5.74, 6) is -1.97. The molecule has 0 amide bonds. The first kappa shape index (κ1) is 19.8. The monoisotopic (exact) mass is 350 g/mol. The number of thioether (sulfide) groups is 1. The normalized spacial score (nSPS) is 12.7. The molecule has 130 valence electrons. The van der Waals surface area contributed by atoms with Crippen molar-refractivity contribution in [2.75, 3.05) is 6.61 Å². The van der Waals surface area contributed by atoms with Gasteiger partial charge in [-0.25, -0.2) is 9.59 Å². The van der Waals surface area contributed by atoms with E-state index in [1.165, 1.54) is 17.8 Å². The quantitative estimate of drug-likeness (QED) is 0.275. The van der Waals surface area contributed by atoms with E-state index in [1.807, 2.05) is 30.3 Å². The number of rotatable bonds is 6. The van der Waals surface area contributed by atoms with E-state index < -0.39 is 23.3 Å². The maximum absolute atomic E-state index is 12.0. The molecular weight excluding hydrogens is 328 g/mol. The summed E-state index contributed by atoms with van der Waals surface area (Å²) in [5.41, 5.74) is -0.717. The van der Waals surface area contributed by atoms with Crippen LogP contribution in [-0.2, 0) is 19.1 Å². The van der Waals surface area contributed by atoms with Gasteiger partial charge in [0.15, 0.2) is 0 Å². The topological polar surface area (TPSA) is 72.8 Å². The smallest absolute Gasteiger partial charge is 0.373 e. The van der Waals surface area contributed by atoms with Crippen LogP contribution in [0.3, 0.4) is 0 Å². The van der Waals surface area contributed by atoms with Gasteiger partial charge in [-0.2, -0.15) is 0 Å². The molecule has 0 radical (unpaired) electrons. The Morgan fingerprint density at radius 1 is 1.12 bits per heavy atom. The Morgan fingerprint density at radius 3 is 2.29 bits per heavy atom. The molecule has 0 atom stereocenters. The first-order chi connectivity index (χ1) is 11.2. The van der Waals surface area contributed by atoms with Gasteiger partial charge in [0.25, 0.3) is 0 Å². The SMILES string of the molecule is CCOC(=O)C(=CC=C(O)C(=O)OC(C)(C)C)Sc1ccccc1. The number of hydrogen-bond acceptors (Lipinski definition) is 6. The molecule has 0 aliphatic carbocycles. The van der Waals surface area contributed by atoms with Gasteiger partial charge in [-0.05, 0) is 52.0 Å². The maximum atomic E-state index is 12.0. The van der Waals surface area contributed by atoms with Gasteiger partial charge in [0, 0.05) is 4.90 Å². The van der Waals surface area contributed by atoms with Crippen LogP contribution in [0.15, 0.2) is 58.0 Å². The van der Waals surface area contributed by atoms with Crippen LogP contribution in [-0.4, -0.2) is 29.3 Å². The number of hydrogen-bond donors (Lipinski definition) is 1. The van der Waals surface area contributed by atoms with Crippen molar-refractivity contribution in [1.29, 1.82) is 0 Å². The largest absolute Gasteiger partial charge is 0.502 e. The fourth-order valence-corrected chi connectivity index (χ4v) is 2.34.